The van der Waals surface area contributed by atoms with Gasteiger partial charge in [0.1, 0.15) is 5.82 Å². The molecule has 0 spiro atoms. The predicted molar refractivity (Wildman–Crippen MR) is 145 cm³/mol. The Morgan fingerprint density at radius 3 is 2.35 bits per heavy atom. The molecule has 37 heavy (non-hydrogen) atoms. The Labute approximate surface area is 219 Å². The predicted octanol–water partition coefficient (Wildman–Crippen LogP) is 6.96. The summed E-state index contributed by atoms with van der Waals surface area (Å²) in [5.41, 5.74) is 3.04. The van der Waals surface area contributed by atoms with Crippen molar-refractivity contribution >= 4 is 11.9 Å². The van der Waals surface area contributed by atoms with Crippen LogP contribution >= 0.6 is 0 Å². The van der Waals surface area contributed by atoms with E-state index in [0.29, 0.717) is 17.6 Å². The van der Waals surface area contributed by atoms with Gasteiger partial charge < -0.3 is 10.6 Å². The maximum Gasteiger partial charge on any atom is 0.255 e. The van der Waals surface area contributed by atoms with Crippen molar-refractivity contribution in [1.82, 2.24) is 15.3 Å². The van der Waals surface area contributed by atoms with Gasteiger partial charge in [0.2, 0.25) is 5.95 Å². The lowest BCUT2D eigenvalue weighted by molar-refractivity contribution is 0.0936. The number of carbonyl (C=O) groups excluding carboxylic acids is 1. The summed E-state index contributed by atoms with van der Waals surface area (Å²) in [6.45, 7) is 4.23. The van der Waals surface area contributed by atoms with Crippen LogP contribution < -0.4 is 10.6 Å². The van der Waals surface area contributed by atoms with Crippen LogP contribution in [0.15, 0.2) is 60.8 Å². The highest BCUT2D eigenvalue weighted by atomic mass is 19.1. The second-order valence-corrected chi connectivity index (χ2v) is 11.0. The lowest BCUT2D eigenvalue weighted by atomic mass is 9.74. The fourth-order valence-electron chi connectivity index (χ4n) is 6.08. The molecule has 1 amide bonds. The molecule has 0 saturated heterocycles. The molecule has 0 bridgehead atoms. The largest absolute Gasteiger partial charge is 0.351 e. The SMILES string of the molecule is CC1CCC(Nc2ncc(C(=O)NC(C)c3ccc(F)cc3)c(C3(c4ccccc4)CCCC3)n2)CC1. The lowest BCUT2D eigenvalue weighted by Gasteiger charge is -2.32. The lowest BCUT2D eigenvalue weighted by Crippen LogP contribution is -2.34. The Hall–Kier alpha value is -3.28. The third-order valence-corrected chi connectivity index (χ3v) is 8.34. The number of halogens is 1. The Kier molecular flexibility index (Phi) is 7.54. The minimum absolute atomic E-state index is 0.202. The van der Waals surface area contributed by atoms with Crippen LogP contribution in [0, 0.1) is 11.7 Å². The van der Waals surface area contributed by atoms with Crippen molar-refractivity contribution in [3.63, 3.8) is 0 Å². The van der Waals surface area contributed by atoms with Crippen molar-refractivity contribution in [3.8, 4) is 0 Å². The molecule has 5 rings (SSSR count). The summed E-state index contributed by atoms with van der Waals surface area (Å²) < 4.78 is 13.4. The van der Waals surface area contributed by atoms with Crippen molar-refractivity contribution in [1.29, 1.82) is 0 Å². The van der Waals surface area contributed by atoms with Gasteiger partial charge in [0, 0.05) is 17.7 Å². The maximum atomic E-state index is 13.7. The zero-order chi connectivity index (χ0) is 25.8. The zero-order valence-electron chi connectivity index (χ0n) is 21.8. The zero-order valence-corrected chi connectivity index (χ0v) is 21.8. The number of anilines is 1. The molecule has 1 heterocycles. The average molecular weight is 501 g/mol. The Bertz CT molecular complexity index is 1200. The minimum Gasteiger partial charge on any atom is -0.351 e. The second kappa shape index (κ2) is 11.0. The summed E-state index contributed by atoms with van der Waals surface area (Å²) in [7, 11) is 0. The molecule has 2 N–H and O–H groups in total. The second-order valence-electron chi connectivity index (χ2n) is 11.0. The fourth-order valence-corrected chi connectivity index (χ4v) is 6.08. The van der Waals surface area contributed by atoms with Crippen molar-refractivity contribution in [3.05, 3.63) is 89.0 Å². The molecule has 1 aromatic heterocycles. The van der Waals surface area contributed by atoms with E-state index in [4.69, 9.17) is 4.98 Å². The first-order valence-electron chi connectivity index (χ1n) is 13.7. The van der Waals surface area contributed by atoms with Crippen LogP contribution in [0.3, 0.4) is 0 Å². The third kappa shape index (κ3) is 5.53. The van der Waals surface area contributed by atoms with Crippen LogP contribution in [0.4, 0.5) is 10.3 Å². The standard InChI is InChI=1S/C31H37FN4O/c1-21-10-16-26(17-11-21)35-30-33-20-27(29(37)34-22(2)23-12-14-25(32)15-13-23)28(36-30)31(18-6-7-19-31)24-8-4-3-5-9-24/h3-5,8-9,12-15,20-22,26H,6-7,10-11,16-19H2,1-2H3,(H,34,37)(H,33,35,36). The van der Waals surface area contributed by atoms with Crippen LogP contribution in [-0.4, -0.2) is 21.9 Å². The number of aromatic nitrogens is 2. The first kappa shape index (κ1) is 25.4. The molecule has 0 aliphatic heterocycles. The van der Waals surface area contributed by atoms with E-state index >= 15 is 0 Å². The van der Waals surface area contributed by atoms with Crippen molar-refractivity contribution in [2.24, 2.45) is 5.92 Å². The quantitative estimate of drug-likeness (QED) is 0.368. The summed E-state index contributed by atoms with van der Waals surface area (Å²) in [5.74, 6) is 0.884. The maximum absolute atomic E-state index is 13.7. The Morgan fingerprint density at radius 2 is 1.68 bits per heavy atom. The van der Waals surface area contributed by atoms with Gasteiger partial charge in [0.25, 0.3) is 5.91 Å². The number of hydrogen-bond acceptors (Lipinski definition) is 4. The molecular weight excluding hydrogens is 463 g/mol. The molecule has 3 aromatic rings. The van der Waals surface area contributed by atoms with E-state index in [0.717, 1.165) is 55.7 Å². The van der Waals surface area contributed by atoms with Gasteiger partial charge in [-0.25, -0.2) is 14.4 Å². The van der Waals surface area contributed by atoms with Crippen LogP contribution in [0.2, 0.25) is 0 Å². The number of carbonyl (C=O) groups is 1. The molecule has 194 valence electrons. The van der Waals surface area contributed by atoms with Gasteiger partial charge in [-0.3, -0.25) is 4.79 Å². The van der Waals surface area contributed by atoms with E-state index in [1.165, 1.54) is 30.5 Å². The summed E-state index contributed by atoms with van der Waals surface area (Å²) in [6, 6.07) is 16.8. The molecule has 5 nitrogen and oxygen atoms in total. The molecule has 2 aliphatic carbocycles. The van der Waals surface area contributed by atoms with E-state index < -0.39 is 0 Å². The van der Waals surface area contributed by atoms with Crippen molar-refractivity contribution in [2.45, 2.75) is 82.7 Å². The molecule has 2 aliphatic rings. The third-order valence-electron chi connectivity index (χ3n) is 8.34. The topological polar surface area (TPSA) is 66.9 Å². The number of rotatable bonds is 7. The Morgan fingerprint density at radius 1 is 1.00 bits per heavy atom. The van der Waals surface area contributed by atoms with Crippen molar-refractivity contribution < 1.29 is 9.18 Å². The van der Waals surface area contributed by atoms with Gasteiger partial charge in [0.15, 0.2) is 0 Å². The Balaban J connectivity index is 1.50. The smallest absolute Gasteiger partial charge is 0.255 e. The van der Waals surface area contributed by atoms with Crippen LogP contribution in [0.25, 0.3) is 0 Å². The summed E-state index contributed by atoms with van der Waals surface area (Å²) in [4.78, 5) is 23.4. The van der Waals surface area contributed by atoms with Crippen LogP contribution in [0.5, 0.6) is 0 Å². The molecule has 6 heteroatoms. The number of benzene rings is 2. The summed E-state index contributed by atoms with van der Waals surface area (Å²) in [5, 5.41) is 6.69. The van der Waals surface area contributed by atoms with Gasteiger partial charge in [0.05, 0.1) is 17.3 Å². The van der Waals surface area contributed by atoms with Gasteiger partial charge >= 0.3 is 0 Å². The van der Waals surface area contributed by atoms with Gasteiger partial charge in [-0.1, -0.05) is 62.2 Å². The average Bonchev–Trinajstić information content (AvgIpc) is 3.42. The summed E-state index contributed by atoms with van der Waals surface area (Å²) in [6.07, 6.45) is 10.4. The van der Waals surface area contributed by atoms with E-state index in [1.807, 2.05) is 13.0 Å². The number of nitrogens with one attached hydrogen (secondary N) is 2. The molecule has 2 saturated carbocycles. The number of nitrogens with zero attached hydrogens (tertiary/aromatic N) is 2. The molecule has 2 fully saturated rings. The van der Waals surface area contributed by atoms with E-state index in [2.05, 4.69) is 46.8 Å². The van der Waals surface area contributed by atoms with E-state index in [-0.39, 0.29) is 23.2 Å². The molecule has 2 aromatic carbocycles. The number of amides is 1. The highest BCUT2D eigenvalue weighted by Gasteiger charge is 2.42. The summed E-state index contributed by atoms with van der Waals surface area (Å²) >= 11 is 0. The highest BCUT2D eigenvalue weighted by Crippen LogP contribution is 2.47. The van der Waals surface area contributed by atoms with E-state index in [1.54, 1.807) is 18.3 Å². The van der Waals surface area contributed by atoms with Crippen LogP contribution in [0.1, 0.15) is 98.4 Å². The van der Waals surface area contributed by atoms with Crippen LogP contribution in [-0.2, 0) is 5.41 Å². The van der Waals surface area contributed by atoms with Crippen molar-refractivity contribution in [2.75, 3.05) is 5.32 Å². The first-order valence-corrected chi connectivity index (χ1v) is 13.7. The molecule has 1 unspecified atom stereocenters. The monoisotopic (exact) mass is 500 g/mol. The van der Waals surface area contributed by atoms with E-state index in [9.17, 15) is 9.18 Å². The minimum atomic E-state index is -0.326. The van der Waals surface area contributed by atoms with Gasteiger partial charge in [-0.2, -0.15) is 0 Å². The first-order chi connectivity index (χ1) is 17.9. The molecule has 0 radical (unpaired) electrons. The fraction of sp³-hybridized carbons (Fsp3) is 0.452. The molecular formula is C31H37FN4O. The normalized spacial score (nSPS) is 21.8. The highest BCUT2D eigenvalue weighted by molar-refractivity contribution is 5.96. The van der Waals surface area contributed by atoms with Gasteiger partial charge in [-0.05, 0) is 74.6 Å². The molecule has 1 atom stereocenters. The van der Waals surface area contributed by atoms with Gasteiger partial charge in [-0.15, -0.1) is 0 Å². The number of hydrogen-bond donors (Lipinski definition) is 2.